The molecule has 0 bridgehead atoms. The Kier molecular flexibility index (Phi) is 6.38. The molecule has 0 spiro atoms. The zero-order valence-corrected chi connectivity index (χ0v) is 14.1. The van der Waals surface area contributed by atoms with Gasteiger partial charge in [0.15, 0.2) is 5.16 Å². The average Bonchev–Trinajstić information content (AvgIpc) is 2.80. The summed E-state index contributed by atoms with van der Waals surface area (Å²) in [5, 5.41) is 3.00. The van der Waals surface area contributed by atoms with Crippen molar-refractivity contribution in [2.75, 3.05) is 6.54 Å². The van der Waals surface area contributed by atoms with Crippen LogP contribution in [0, 0.1) is 5.92 Å². The minimum absolute atomic E-state index is 0.00273. The smallest absolute Gasteiger partial charge is 0.291 e. The van der Waals surface area contributed by atoms with Gasteiger partial charge in [-0.05, 0) is 42.7 Å². The van der Waals surface area contributed by atoms with E-state index in [-0.39, 0.29) is 17.6 Å². The number of nitrogens with zero attached hydrogens (tertiary/aromatic N) is 2. The number of aromatic nitrogens is 2. The standard InChI is InChI=1S/C16H21F2N3OS/c1-11(2)6-5-9-19-14(22)10-21-13-8-4-3-7-12(13)20-16(21)23-15(17)18/h3-4,7-8,11,15H,5-6,9-10H2,1-2H3,(H,19,22). The molecule has 0 aliphatic carbocycles. The van der Waals surface area contributed by atoms with Gasteiger partial charge in [-0.15, -0.1) is 0 Å². The van der Waals surface area contributed by atoms with Gasteiger partial charge in [0.1, 0.15) is 6.54 Å². The van der Waals surface area contributed by atoms with Gasteiger partial charge in [-0.25, -0.2) is 4.98 Å². The largest absolute Gasteiger partial charge is 0.355 e. The maximum atomic E-state index is 12.7. The first-order valence-electron chi connectivity index (χ1n) is 7.64. The van der Waals surface area contributed by atoms with Crippen molar-refractivity contribution in [3.05, 3.63) is 24.3 Å². The van der Waals surface area contributed by atoms with Crippen molar-refractivity contribution in [2.45, 2.75) is 44.1 Å². The van der Waals surface area contributed by atoms with E-state index in [0.717, 1.165) is 12.8 Å². The summed E-state index contributed by atoms with van der Waals surface area (Å²) in [5.41, 5.74) is 1.30. The zero-order chi connectivity index (χ0) is 16.8. The van der Waals surface area contributed by atoms with Crippen molar-refractivity contribution >= 4 is 28.7 Å². The summed E-state index contributed by atoms with van der Waals surface area (Å²) < 4.78 is 26.9. The fourth-order valence-electron chi connectivity index (χ4n) is 2.31. The van der Waals surface area contributed by atoms with Gasteiger partial charge in [0.2, 0.25) is 5.91 Å². The highest BCUT2D eigenvalue weighted by Gasteiger charge is 2.17. The zero-order valence-electron chi connectivity index (χ0n) is 13.3. The van der Waals surface area contributed by atoms with Gasteiger partial charge in [0, 0.05) is 6.54 Å². The van der Waals surface area contributed by atoms with Crippen LogP contribution in [0.15, 0.2) is 29.4 Å². The van der Waals surface area contributed by atoms with Crippen molar-refractivity contribution in [3.63, 3.8) is 0 Å². The van der Waals surface area contributed by atoms with Gasteiger partial charge < -0.3 is 9.88 Å². The number of carbonyl (C=O) groups excluding carboxylic acids is 1. The van der Waals surface area contributed by atoms with E-state index >= 15 is 0 Å². The number of thioether (sulfide) groups is 1. The minimum Gasteiger partial charge on any atom is -0.355 e. The van der Waals surface area contributed by atoms with Gasteiger partial charge >= 0.3 is 0 Å². The Labute approximate surface area is 138 Å². The molecule has 1 N–H and O–H groups in total. The van der Waals surface area contributed by atoms with Crippen LogP contribution < -0.4 is 5.32 Å². The lowest BCUT2D eigenvalue weighted by atomic mass is 10.1. The number of carbonyl (C=O) groups is 1. The van der Waals surface area contributed by atoms with E-state index in [2.05, 4.69) is 24.1 Å². The first kappa shape index (κ1) is 17.7. The first-order valence-corrected chi connectivity index (χ1v) is 8.52. The molecule has 23 heavy (non-hydrogen) atoms. The normalized spacial score (nSPS) is 11.6. The fourth-order valence-corrected chi connectivity index (χ4v) is 2.91. The second-order valence-electron chi connectivity index (χ2n) is 5.73. The Bertz CT molecular complexity index is 658. The molecule has 0 aliphatic rings. The molecule has 0 atom stereocenters. The second kappa shape index (κ2) is 8.29. The van der Waals surface area contributed by atoms with Crippen LogP contribution in [0.5, 0.6) is 0 Å². The monoisotopic (exact) mass is 341 g/mol. The molecule has 0 radical (unpaired) electrons. The second-order valence-corrected chi connectivity index (χ2v) is 6.69. The van der Waals surface area contributed by atoms with Gasteiger partial charge in [-0.3, -0.25) is 4.79 Å². The van der Waals surface area contributed by atoms with Crippen molar-refractivity contribution < 1.29 is 13.6 Å². The molecule has 0 saturated carbocycles. The summed E-state index contributed by atoms with van der Waals surface area (Å²) in [6.45, 7) is 4.86. The topological polar surface area (TPSA) is 46.9 Å². The number of fused-ring (bicyclic) bond motifs is 1. The predicted molar refractivity (Wildman–Crippen MR) is 88.7 cm³/mol. The predicted octanol–water partition coefficient (Wildman–Crippen LogP) is 3.90. The van der Waals surface area contributed by atoms with E-state index in [1.54, 1.807) is 28.8 Å². The van der Waals surface area contributed by atoms with Crippen molar-refractivity contribution in [2.24, 2.45) is 5.92 Å². The molecule has 2 aromatic rings. The number of nitrogens with one attached hydrogen (secondary N) is 1. The van der Waals surface area contributed by atoms with Crippen molar-refractivity contribution in [1.29, 1.82) is 0 Å². The molecule has 0 unspecified atom stereocenters. The molecule has 7 heteroatoms. The molecule has 0 fully saturated rings. The third-order valence-corrected chi connectivity index (χ3v) is 4.10. The highest BCUT2D eigenvalue weighted by Crippen LogP contribution is 2.28. The van der Waals surface area contributed by atoms with E-state index < -0.39 is 5.76 Å². The molecule has 1 amide bonds. The fraction of sp³-hybridized carbons (Fsp3) is 0.500. The van der Waals surface area contributed by atoms with Crippen LogP contribution in [-0.2, 0) is 11.3 Å². The van der Waals surface area contributed by atoms with Crippen LogP contribution >= 0.6 is 11.8 Å². The van der Waals surface area contributed by atoms with Crippen molar-refractivity contribution in [1.82, 2.24) is 14.9 Å². The lowest BCUT2D eigenvalue weighted by Gasteiger charge is -2.10. The van der Waals surface area contributed by atoms with Crippen LogP contribution in [0.25, 0.3) is 11.0 Å². The molecule has 2 rings (SSSR count). The third kappa shape index (κ3) is 5.20. The third-order valence-electron chi connectivity index (χ3n) is 3.40. The Morgan fingerprint density at radius 1 is 1.35 bits per heavy atom. The number of alkyl halides is 2. The first-order chi connectivity index (χ1) is 11.0. The quantitative estimate of drug-likeness (QED) is 0.585. The molecule has 126 valence electrons. The van der Waals surface area contributed by atoms with Gasteiger partial charge in [-0.1, -0.05) is 26.0 Å². The highest BCUT2D eigenvalue weighted by molar-refractivity contribution is 7.99. The van der Waals surface area contributed by atoms with Gasteiger partial charge in [0.25, 0.3) is 5.76 Å². The summed E-state index contributed by atoms with van der Waals surface area (Å²) in [6, 6.07) is 7.13. The van der Waals surface area contributed by atoms with Gasteiger partial charge in [0.05, 0.1) is 11.0 Å². The lowest BCUT2D eigenvalue weighted by molar-refractivity contribution is -0.121. The Balaban J connectivity index is 2.06. The number of halogens is 2. The van der Waals surface area contributed by atoms with Crippen LogP contribution in [0.4, 0.5) is 8.78 Å². The number of rotatable bonds is 8. The summed E-state index contributed by atoms with van der Waals surface area (Å²) >= 11 is 0.364. The summed E-state index contributed by atoms with van der Waals surface area (Å²) in [4.78, 5) is 16.3. The Morgan fingerprint density at radius 3 is 2.78 bits per heavy atom. The molecular formula is C16H21F2N3OS. The maximum absolute atomic E-state index is 12.7. The molecule has 1 aromatic heterocycles. The SMILES string of the molecule is CC(C)CCCNC(=O)Cn1c(SC(F)F)nc2ccccc21. The van der Waals surface area contributed by atoms with Crippen molar-refractivity contribution in [3.8, 4) is 0 Å². The number of imidazole rings is 1. The lowest BCUT2D eigenvalue weighted by Crippen LogP contribution is -2.28. The van der Waals surface area contributed by atoms with E-state index in [9.17, 15) is 13.6 Å². The summed E-state index contributed by atoms with van der Waals surface area (Å²) in [5.74, 6) is -2.16. The van der Waals surface area contributed by atoms with E-state index in [0.29, 0.717) is 35.3 Å². The number of hydrogen-bond donors (Lipinski definition) is 1. The summed E-state index contributed by atoms with van der Waals surface area (Å²) in [7, 11) is 0. The van der Waals surface area contributed by atoms with Crippen LogP contribution in [0.3, 0.4) is 0 Å². The van der Waals surface area contributed by atoms with Crippen LogP contribution in [0.1, 0.15) is 26.7 Å². The Morgan fingerprint density at radius 2 is 2.09 bits per heavy atom. The molecule has 0 aliphatic heterocycles. The maximum Gasteiger partial charge on any atom is 0.291 e. The molecule has 4 nitrogen and oxygen atoms in total. The number of amides is 1. The molecular weight excluding hydrogens is 320 g/mol. The molecule has 1 aromatic carbocycles. The minimum atomic E-state index is -2.57. The Hall–Kier alpha value is -1.63. The summed E-state index contributed by atoms with van der Waals surface area (Å²) in [6.07, 6.45) is 1.95. The van der Waals surface area contributed by atoms with Crippen LogP contribution in [0.2, 0.25) is 0 Å². The van der Waals surface area contributed by atoms with Gasteiger partial charge in [-0.2, -0.15) is 8.78 Å². The molecule has 0 saturated heterocycles. The van der Waals surface area contributed by atoms with Crippen LogP contribution in [-0.4, -0.2) is 27.8 Å². The average molecular weight is 341 g/mol. The van der Waals surface area contributed by atoms with E-state index in [1.807, 2.05) is 0 Å². The molecule has 1 heterocycles. The number of hydrogen-bond acceptors (Lipinski definition) is 3. The number of para-hydroxylation sites is 2. The highest BCUT2D eigenvalue weighted by atomic mass is 32.2. The number of benzene rings is 1. The van der Waals surface area contributed by atoms with E-state index in [4.69, 9.17) is 0 Å². The van der Waals surface area contributed by atoms with E-state index in [1.165, 1.54) is 0 Å².